The van der Waals surface area contributed by atoms with Crippen LogP contribution < -0.4 is 0 Å². The van der Waals surface area contributed by atoms with Gasteiger partial charge >= 0.3 is 0 Å². The Hall–Kier alpha value is -2.14. The third-order valence-corrected chi connectivity index (χ3v) is 5.91. The van der Waals surface area contributed by atoms with E-state index >= 15 is 0 Å². The van der Waals surface area contributed by atoms with Crippen molar-refractivity contribution in [3.8, 4) is 0 Å². The summed E-state index contributed by atoms with van der Waals surface area (Å²) in [5.74, 6) is 0.404. The first-order valence-electron chi connectivity index (χ1n) is 9.49. The molecule has 2 aliphatic heterocycles. The molecular formula is C22H25N3O. The molecule has 3 heterocycles. The third-order valence-electron chi connectivity index (χ3n) is 5.91. The average Bonchev–Trinajstić information content (AvgIpc) is 3.16. The molecule has 2 aromatic carbocycles. The van der Waals surface area contributed by atoms with Gasteiger partial charge in [-0.3, -0.25) is 9.80 Å². The lowest BCUT2D eigenvalue weighted by Gasteiger charge is -2.45. The lowest BCUT2D eigenvalue weighted by molar-refractivity contribution is -0.0324. The maximum absolute atomic E-state index is 5.57. The molecule has 0 saturated carbocycles. The third kappa shape index (κ3) is 2.65. The van der Waals surface area contributed by atoms with Gasteiger partial charge < -0.3 is 9.72 Å². The largest absolute Gasteiger partial charge is 0.379 e. The molecule has 0 aliphatic carbocycles. The number of ether oxygens (including phenoxy) is 1. The number of aromatic amines is 1. The molecule has 2 unspecified atom stereocenters. The van der Waals surface area contributed by atoms with E-state index in [1.165, 1.54) is 27.6 Å². The summed E-state index contributed by atoms with van der Waals surface area (Å²) in [4.78, 5) is 8.43. The van der Waals surface area contributed by atoms with Gasteiger partial charge in [0.15, 0.2) is 0 Å². The van der Waals surface area contributed by atoms with Gasteiger partial charge in [-0.1, -0.05) is 36.4 Å². The van der Waals surface area contributed by atoms with E-state index in [1.54, 1.807) is 0 Å². The van der Waals surface area contributed by atoms with Crippen molar-refractivity contribution >= 4 is 10.9 Å². The van der Waals surface area contributed by atoms with E-state index in [0.717, 1.165) is 32.8 Å². The first-order chi connectivity index (χ1) is 12.8. The number of rotatable bonds is 2. The van der Waals surface area contributed by atoms with Crippen LogP contribution in [0.25, 0.3) is 10.9 Å². The van der Waals surface area contributed by atoms with Gasteiger partial charge in [-0.15, -0.1) is 0 Å². The maximum Gasteiger partial charge on any atom is 0.0888 e. The number of morpholine rings is 1. The molecule has 0 radical (unpaired) electrons. The van der Waals surface area contributed by atoms with E-state index in [2.05, 4.69) is 70.4 Å². The number of benzene rings is 2. The van der Waals surface area contributed by atoms with Crippen molar-refractivity contribution < 1.29 is 4.74 Å². The van der Waals surface area contributed by atoms with Crippen LogP contribution in [0.15, 0.2) is 54.7 Å². The molecule has 0 amide bonds. The van der Waals surface area contributed by atoms with Gasteiger partial charge in [-0.05, 0) is 41.3 Å². The van der Waals surface area contributed by atoms with Crippen LogP contribution in [0.3, 0.4) is 0 Å². The fourth-order valence-corrected chi connectivity index (χ4v) is 4.65. The molecule has 1 saturated heterocycles. The van der Waals surface area contributed by atoms with Crippen LogP contribution in [-0.4, -0.2) is 54.7 Å². The van der Waals surface area contributed by atoms with Crippen molar-refractivity contribution in [1.29, 1.82) is 0 Å². The Labute approximate surface area is 154 Å². The monoisotopic (exact) mass is 347 g/mol. The summed E-state index contributed by atoms with van der Waals surface area (Å²) in [5, 5.41) is 1.28. The first-order valence-corrected chi connectivity index (χ1v) is 9.49. The molecule has 1 N–H and O–H groups in total. The van der Waals surface area contributed by atoms with Crippen molar-refractivity contribution in [2.75, 3.05) is 39.9 Å². The SMILES string of the molecule is CN1CC(c2ccc3cc[nH]c3c2)c2ccccc2C1N1CCOCC1. The van der Waals surface area contributed by atoms with Crippen LogP contribution in [0.5, 0.6) is 0 Å². The molecule has 2 aliphatic rings. The molecule has 3 aromatic rings. The molecule has 5 rings (SSSR count). The van der Waals surface area contributed by atoms with Crippen molar-refractivity contribution in [2.24, 2.45) is 0 Å². The van der Waals surface area contributed by atoms with E-state index < -0.39 is 0 Å². The Morgan fingerprint density at radius 3 is 2.65 bits per heavy atom. The number of nitrogens with zero attached hydrogens (tertiary/aromatic N) is 2. The van der Waals surface area contributed by atoms with E-state index in [9.17, 15) is 0 Å². The highest BCUT2D eigenvalue weighted by Crippen LogP contribution is 2.40. The molecule has 4 nitrogen and oxygen atoms in total. The number of H-pyrrole nitrogens is 1. The zero-order valence-corrected chi connectivity index (χ0v) is 15.2. The molecule has 26 heavy (non-hydrogen) atoms. The van der Waals surface area contributed by atoms with Gasteiger partial charge in [0.1, 0.15) is 0 Å². The Balaban J connectivity index is 1.56. The van der Waals surface area contributed by atoms with Crippen LogP contribution in [-0.2, 0) is 4.74 Å². The van der Waals surface area contributed by atoms with Gasteiger partial charge in [-0.2, -0.15) is 0 Å². The van der Waals surface area contributed by atoms with Gasteiger partial charge in [0.25, 0.3) is 0 Å². The minimum absolute atomic E-state index is 0.348. The highest BCUT2D eigenvalue weighted by molar-refractivity contribution is 5.80. The van der Waals surface area contributed by atoms with Gasteiger partial charge in [0.2, 0.25) is 0 Å². The quantitative estimate of drug-likeness (QED) is 0.769. The molecule has 134 valence electrons. The lowest BCUT2D eigenvalue weighted by atomic mass is 9.83. The Kier molecular flexibility index (Phi) is 4.04. The molecular weight excluding hydrogens is 322 g/mol. The lowest BCUT2D eigenvalue weighted by Crippen LogP contribution is -2.49. The van der Waals surface area contributed by atoms with Crippen LogP contribution in [0, 0.1) is 0 Å². The topological polar surface area (TPSA) is 31.5 Å². The zero-order valence-electron chi connectivity index (χ0n) is 15.2. The fraction of sp³-hybridized carbons (Fsp3) is 0.364. The Morgan fingerprint density at radius 1 is 1.00 bits per heavy atom. The fourth-order valence-electron chi connectivity index (χ4n) is 4.65. The molecule has 1 fully saturated rings. The molecule has 1 aromatic heterocycles. The van der Waals surface area contributed by atoms with E-state index in [1.807, 2.05) is 6.20 Å². The highest BCUT2D eigenvalue weighted by Gasteiger charge is 2.35. The van der Waals surface area contributed by atoms with E-state index in [0.29, 0.717) is 12.1 Å². The normalized spacial score (nSPS) is 24.7. The predicted molar refractivity (Wildman–Crippen MR) is 104 cm³/mol. The second-order valence-corrected chi connectivity index (χ2v) is 7.47. The number of likely N-dealkylation sites (N-methyl/N-ethyl adjacent to an activating group) is 1. The number of hydrogen-bond acceptors (Lipinski definition) is 3. The van der Waals surface area contributed by atoms with Crippen LogP contribution >= 0.6 is 0 Å². The summed E-state index contributed by atoms with van der Waals surface area (Å²) in [5.41, 5.74) is 5.52. The molecule has 4 heteroatoms. The van der Waals surface area contributed by atoms with Crippen molar-refractivity contribution in [2.45, 2.75) is 12.1 Å². The summed E-state index contributed by atoms with van der Waals surface area (Å²) in [6, 6.07) is 18.0. The first kappa shape index (κ1) is 16.1. The summed E-state index contributed by atoms with van der Waals surface area (Å²) in [6.45, 7) is 4.70. The second-order valence-electron chi connectivity index (χ2n) is 7.47. The zero-order chi connectivity index (χ0) is 17.5. The number of hydrogen-bond donors (Lipinski definition) is 1. The Morgan fingerprint density at radius 2 is 1.81 bits per heavy atom. The van der Waals surface area contributed by atoms with Gasteiger partial charge in [0, 0.05) is 37.3 Å². The average molecular weight is 347 g/mol. The summed E-state index contributed by atoms with van der Waals surface area (Å²) < 4.78 is 5.57. The van der Waals surface area contributed by atoms with Crippen LogP contribution in [0.2, 0.25) is 0 Å². The predicted octanol–water partition coefficient (Wildman–Crippen LogP) is 3.58. The van der Waals surface area contributed by atoms with E-state index in [-0.39, 0.29) is 0 Å². The maximum atomic E-state index is 5.57. The van der Waals surface area contributed by atoms with Gasteiger partial charge in [-0.25, -0.2) is 0 Å². The second kappa shape index (κ2) is 6.54. The van der Waals surface area contributed by atoms with Crippen molar-refractivity contribution in [3.05, 3.63) is 71.4 Å². The highest BCUT2D eigenvalue weighted by atomic mass is 16.5. The summed E-state index contributed by atoms with van der Waals surface area (Å²) in [6.07, 6.45) is 2.37. The van der Waals surface area contributed by atoms with Crippen molar-refractivity contribution in [3.63, 3.8) is 0 Å². The number of fused-ring (bicyclic) bond motifs is 2. The molecule has 2 atom stereocenters. The minimum Gasteiger partial charge on any atom is -0.379 e. The minimum atomic E-state index is 0.348. The Bertz CT molecular complexity index is 912. The van der Waals surface area contributed by atoms with Crippen LogP contribution in [0.4, 0.5) is 0 Å². The standard InChI is InChI=1S/C22H25N3O/c1-24-15-20(17-7-6-16-8-9-23-21(16)14-17)18-4-2-3-5-19(18)22(24)25-10-12-26-13-11-25/h2-9,14,20,22-23H,10-13,15H2,1H3. The van der Waals surface area contributed by atoms with Gasteiger partial charge in [0.05, 0.1) is 19.4 Å². The number of nitrogens with one attached hydrogen (secondary N) is 1. The van der Waals surface area contributed by atoms with Crippen molar-refractivity contribution in [1.82, 2.24) is 14.8 Å². The summed E-state index contributed by atoms with van der Waals surface area (Å²) in [7, 11) is 2.26. The molecule has 0 bridgehead atoms. The van der Waals surface area contributed by atoms with E-state index in [4.69, 9.17) is 4.74 Å². The molecule has 0 spiro atoms. The smallest absolute Gasteiger partial charge is 0.0888 e. The van der Waals surface area contributed by atoms with Crippen LogP contribution in [0.1, 0.15) is 28.8 Å². The summed E-state index contributed by atoms with van der Waals surface area (Å²) >= 11 is 0. The number of aromatic nitrogens is 1.